The molecule has 0 aliphatic rings. The average Bonchev–Trinajstić information content (AvgIpc) is 2.49. The van der Waals surface area contributed by atoms with Crippen LogP contribution in [0.4, 0.5) is 0 Å². The first kappa shape index (κ1) is 14.7. The Morgan fingerprint density at radius 2 is 1.50 bits per heavy atom. The van der Waals surface area contributed by atoms with E-state index < -0.39 is 6.10 Å². The lowest BCUT2D eigenvalue weighted by Gasteiger charge is -2.24. The van der Waals surface area contributed by atoms with E-state index in [1.165, 1.54) is 5.56 Å². The molecule has 0 amide bonds. The Morgan fingerprint density at radius 3 is 2.10 bits per heavy atom. The number of rotatable bonds is 7. The van der Waals surface area contributed by atoms with Gasteiger partial charge in [-0.1, -0.05) is 60.7 Å². The van der Waals surface area contributed by atoms with Crippen molar-refractivity contribution >= 4 is 0 Å². The van der Waals surface area contributed by atoms with E-state index in [1.807, 2.05) is 48.5 Å². The van der Waals surface area contributed by atoms with E-state index in [1.54, 1.807) is 0 Å². The quantitative estimate of drug-likeness (QED) is 0.811. The Balaban J connectivity index is 1.98. The highest BCUT2D eigenvalue weighted by molar-refractivity contribution is 5.18. The first-order valence-corrected chi connectivity index (χ1v) is 6.89. The summed E-state index contributed by atoms with van der Waals surface area (Å²) in [5.41, 5.74) is 2.09. The first-order chi connectivity index (χ1) is 9.79. The molecule has 0 aromatic heterocycles. The van der Waals surface area contributed by atoms with E-state index in [2.05, 4.69) is 17.0 Å². The number of hydrogen-bond donors (Lipinski definition) is 2. The lowest BCUT2D eigenvalue weighted by Crippen LogP contribution is -2.31. The third-order valence-corrected chi connectivity index (χ3v) is 3.28. The van der Waals surface area contributed by atoms with Crippen LogP contribution in [0.5, 0.6) is 0 Å². The van der Waals surface area contributed by atoms with Gasteiger partial charge in [-0.25, -0.2) is 0 Å². The summed E-state index contributed by atoms with van der Waals surface area (Å²) >= 11 is 0. The van der Waals surface area contributed by atoms with Crippen molar-refractivity contribution in [2.45, 2.75) is 12.6 Å². The molecule has 20 heavy (non-hydrogen) atoms. The van der Waals surface area contributed by atoms with Crippen LogP contribution >= 0.6 is 0 Å². The van der Waals surface area contributed by atoms with Crippen LogP contribution < -0.4 is 0 Å². The minimum Gasteiger partial charge on any atom is -0.395 e. The zero-order valence-corrected chi connectivity index (χ0v) is 11.5. The van der Waals surface area contributed by atoms with Crippen molar-refractivity contribution in [1.82, 2.24) is 4.90 Å². The molecule has 106 valence electrons. The highest BCUT2D eigenvalue weighted by atomic mass is 16.3. The number of aliphatic hydroxyl groups is 2. The molecule has 2 N–H and O–H groups in total. The van der Waals surface area contributed by atoms with Gasteiger partial charge in [0.25, 0.3) is 0 Å². The number of nitrogens with zero attached hydrogens (tertiary/aromatic N) is 1. The maximum absolute atomic E-state index is 10.3. The third kappa shape index (κ3) is 4.46. The van der Waals surface area contributed by atoms with Gasteiger partial charge in [0.15, 0.2) is 0 Å². The SMILES string of the molecule is OCCN(Cc1ccccc1)CC(O)c1ccccc1. The fraction of sp³-hybridized carbons (Fsp3) is 0.294. The summed E-state index contributed by atoms with van der Waals surface area (Å²) in [6.07, 6.45) is -0.536. The summed E-state index contributed by atoms with van der Waals surface area (Å²) < 4.78 is 0. The maximum atomic E-state index is 10.3. The molecule has 1 atom stereocenters. The molecule has 0 aliphatic carbocycles. The lowest BCUT2D eigenvalue weighted by molar-refractivity contribution is 0.0957. The summed E-state index contributed by atoms with van der Waals surface area (Å²) in [7, 11) is 0. The van der Waals surface area contributed by atoms with Crippen molar-refractivity contribution in [1.29, 1.82) is 0 Å². The monoisotopic (exact) mass is 271 g/mol. The van der Waals surface area contributed by atoms with Crippen molar-refractivity contribution in [3.8, 4) is 0 Å². The molecular formula is C17H21NO2. The lowest BCUT2D eigenvalue weighted by atomic mass is 10.1. The minimum absolute atomic E-state index is 0.0916. The van der Waals surface area contributed by atoms with Gasteiger partial charge in [-0.15, -0.1) is 0 Å². The zero-order chi connectivity index (χ0) is 14.2. The molecule has 0 saturated carbocycles. The molecule has 0 saturated heterocycles. The summed E-state index contributed by atoms with van der Waals surface area (Å²) in [5, 5.41) is 19.4. The molecule has 2 aromatic carbocycles. The molecule has 2 rings (SSSR count). The molecule has 0 bridgehead atoms. The van der Waals surface area contributed by atoms with Crippen LogP contribution in [-0.2, 0) is 6.54 Å². The Kier molecular flexibility index (Phi) is 5.74. The molecule has 0 radical (unpaired) electrons. The van der Waals surface area contributed by atoms with E-state index in [0.717, 1.165) is 12.1 Å². The number of benzene rings is 2. The van der Waals surface area contributed by atoms with E-state index in [4.69, 9.17) is 0 Å². The van der Waals surface area contributed by atoms with Gasteiger partial charge >= 0.3 is 0 Å². The fourth-order valence-electron chi connectivity index (χ4n) is 2.24. The molecule has 1 unspecified atom stereocenters. The Labute approximate surface area is 120 Å². The van der Waals surface area contributed by atoms with Crippen molar-refractivity contribution < 1.29 is 10.2 Å². The van der Waals surface area contributed by atoms with Crippen molar-refractivity contribution in [3.05, 3.63) is 71.8 Å². The molecule has 3 nitrogen and oxygen atoms in total. The van der Waals surface area contributed by atoms with Crippen LogP contribution in [-0.4, -0.2) is 34.8 Å². The highest BCUT2D eigenvalue weighted by Gasteiger charge is 2.13. The van der Waals surface area contributed by atoms with Crippen LogP contribution in [0, 0.1) is 0 Å². The Bertz CT molecular complexity index is 487. The second kappa shape index (κ2) is 7.80. The average molecular weight is 271 g/mol. The largest absolute Gasteiger partial charge is 0.395 e. The second-order valence-electron chi connectivity index (χ2n) is 4.87. The predicted octanol–water partition coefficient (Wildman–Crippen LogP) is 2.21. The van der Waals surface area contributed by atoms with Gasteiger partial charge in [0.05, 0.1) is 12.7 Å². The summed E-state index contributed by atoms with van der Waals surface area (Å²) in [6, 6.07) is 19.7. The Hall–Kier alpha value is -1.68. The van der Waals surface area contributed by atoms with Gasteiger partial charge in [0.2, 0.25) is 0 Å². The van der Waals surface area contributed by atoms with Crippen LogP contribution in [0.25, 0.3) is 0 Å². The topological polar surface area (TPSA) is 43.7 Å². The highest BCUT2D eigenvalue weighted by Crippen LogP contribution is 2.15. The summed E-state index contributed by atoms with van der Waals surface area (Å²) in [4.78, 5) is 2.06. The summed E-state index contributed by atoms with van der Waals surface area (Å²) in [5.74, 6) is 0. The van der Waals surface area contributed by atoms with Crippen LogP contribution in [0.2, 0.25) is 0 Å². The molecule has 0 heterocycles. The molecule has 0 aliphatic heterocycles. The van der Waals surface area contributed by atoms with Crippen LogP contribution in [0.3, 0.4) is 0 Å². The van der Waals surface area contributed by atoms with Gasteiger partial charge in [-0.05, 0) is 11.1 Å². The number of hydrogen-bond acceptors (Lipinski definition) is 3. The third-order valence-electron chi connectivity index (χ3n) is 3.28. The second-order valence-corrected chi connectivity index (χ2v) is 4.87. The Morgan fingerprint density at radius 1 is 0.900 bits per heavy atom. The normalized spacial score (nSPS) is 12.6. The number of aliphatic hydroxyl groups excluding tert-OH is 2. The van der Waals surface area contributed by atoms with E-state index in [-0.39, 0.29) is 6.61 Å². The van der Waals surface area contributed by atoms with E-state index >= 15 is 0 Å². The molecule has 3 heteroatoms. The van der Waals surface area contributed by atoms with Gasteiger partial charge in [0, 0.05) is 19.6 Å². The standard InChI is InChI=1S/C17H21NO2/c19-12-11-18(13-15-7-3-1-4-8-15)14-17(20)16-9-5-2-6-10-16/h1-10,17,19-20H,11-14H2. The van der Waals surface area contributed by atoms with Gasteiger partial charge < -0.3 is 10.2 Å². The van der Waals surface area contributed by atoms with Crippen molar-refractivity contribution in [2.24, 2.45) is 0 Å². The van der Waals surface area contributed by atoms with Gasteiger partial charge in [-0.3, -0.25) is 4.90 Å². The first-order valence-electron chi connectivity index (χ1n) is 6.89. The molecular weight excluding hydrogens is 250 g/mol. The maximum Gasteiger partial charge on any atom is 0.0917 e. The van der Waals surface area contributed by atoms with Crippen molar-refractivity contribution in [2.75, 3.05) is 19.7 Å². The van der Waals surface area contributed by atoms with E-state index in [0.29, 0.717) is 13.1 Å². The van der Waals surface area contributed by atoms with Crippen molar-refractivity contribution in [3.63, 3.8) is 0 Å². The predicted molar refractivity (Wildman–Crippen MR) is 80.2 cm³/mol. The molecule has 2 aromatic rings. The van der Waals surface area contributed by atoms with Gasteiger partial charge in [-0.2, -0.15) is 0 Å². The molecule has 0 fully saturated rings. The fourth-order valence-corrected chi connectivity index (χ4v) is 2.24. The summed E-state index contributed by atoms with van der Waals surface area (Å²) in [6.45, 7) is 1.89. The van der Waals surface area contributed by atoms with Crippen LogP contribution in [0.1, 0.15) is 17.2 Å². The van der Waals surface area contributed by atoms with E-state index in [9.17, 15) is 10.2 Å². The minimum atomic E-state index is -0.536. The molecule has 0 spiro atoms. The van der Waals surface area contributed by atoms with Crippen LogP contribution in [0.15, 0.2) is 60.7 Å². The van der Waals surface area contributed by atoms with Gasteiger partial charge in [0.1, 0.15) is 0 Å². The zero-order valence-electron chi connectivity index (χ0n) is 11.5. The smallest absolute Gasteiger partial charge is 0.0917 e.